The smallest absolute Gasteiger partial charge is 0.339 e. The summed E-state index contributed by atoms with van der Waals surface area (Å²) in [6.07, 6.45) is 0. The Morgan fingerprint density at radius 3 is 2.35 bits per heavy atom. The van der Waals surface area contributed by atoms with Crippen LogP contribution in [0.5, 0.6) is 5.75 Å². The molecule has 0 amide bonds. The van der Waals surface area contributed by atoms with E-state index in [-0.39, 0.29) is 27.6 Å². The summed E-state index contributed by atoms with van der Waals surface area (Å²) in [5.41, 5.74) is 5.04. The van der Waals surface area contributed by atoms with Gasteiger partial charge in [-0.05, 0) is 6.07 Å². The fourth-order valence-corrected chi connectivity index (χ4v) is 1.59. The van der Waals surface area contributed by atoms with Crippen LogP contribution in [0, 0.1) is 0 Å². The molecule has 17 heavy (non-hydrogen) atoms. The number of benzene rings is 1. The molecule has 1 aromatic rings. The Kier molecular flexibility index (Phi) is 3.80. The molecule has 1 rings (SSSR count). The molecule has 0 fully saturated rings. The second-order valence-corrected chi connectivity index (χ2v) is 3.41. The van der Waals surface area contributed by atoms with Crippen LogP contribution in [0.2, 0.25) is 5.02 Å². The number of nitrogens with two attached hydrogens (primary N) is 1. The van der Waals surface area contributed by atoms with Gasteiger partial charge in [-0.3, -0.25) is 0 Å². The molecule has 1 aromatic carbocycles. The molecule has 0 saturated heterocycles. The lowest BCUT2D eigenvalue weighted by molar-refractivity contribution is 0.0600. The van der Waals surface area contributed by atoms with Crippen molar-refractivity contribution in [3.05, 3.63) is 22.2 Å². The lowest BCUT2D eigenvalue weighted by Crippen LogP contribution is -2.10. The monoisotopic (exact) mass is 259 g/mol. The number of methoxy groups -OCH3 is 2. The number of aromatic carboxylic acids is 1. The number of halogens is 1. The number of rotatable bonds is 3. The first-order valence-corrected chi connectivity index (χ1v) is 4.79. The fourth-order valence-electron chi connectivity index (χ4n) is 1.28. The summed E-state index contributed by atoms with van der Waals surface area (Å²) in [6.45, 7) is 0. The lowest BCUT2D eigenvalue weighted by atomic mass is 10.1. The summed E-state index contributed by atoms with van der Waals surface area (Å²) in [5.74, 6) is -2.12. The van der Waals surface area contributed by atoms with Crippen LogP contribution in [0.3, 0.4) is 0 Å². The van der Waals surface area contributed by atoms with Gasteiger partial charge in [0.05, 0.1) is 36.1 Å². The van der Waals surface area contributed by atoms with E-state index in [1.807, 2.05) is 0 Å². The first-order valence-electron chi connectivity index (χ1n) is 4.41. The van der Waals surface area contributed by atoms with Crippen molar-refractivity contribution in [2.24, 2.45) is 0 Å². The van der Waals surface area contributed by atoms with Crippen molar-refractivity contribution in [2.45, 2.75) is 0 Å². The number of nitrogen functional groups attached to an aromatic ring is 1. The van der Waals surface area contributed by atoms with Crippen LogP contribution in [0.15, 0.2) is 6.07 Å². The number of esters is 1. The zero-order valence-electron chi connectivity index (χ0n) is 9.11. The second kappa shape index (κ2) is 4.92. The average molecular weight is 260 g/mol. The minimum Gasteiger partial charge on any atom is -0.493 e. The van der Waals surface area contributed by atoms with E-state index >= 15 is 0 Å². The maximum Gasteiger partial charge on any atom is 0.339 e. The van der Waals surface area contributed by atoms with Gasteiger partial charge >= 0.3 is 11.9 Å². The van der Waals surface area contributed by atoms with E-state index < -0.39 is 11.9 Å². The quantitative estimate of drug-likeness (QED) is 0.629. The van der Waals surface area contributed by atoms with E-state index in [9.17, 15) is 9.59 Å². The van der Waals surface area contributed by atoms with Crippen LogP contribution in [0.4, 0.5) is 5.69 Å². The Morgan fingerprint density at radius 1 is 1.35 bits per heavy atom. The van der Waals surface area contributed by atoms with Crippen molar-refractivity contribution >= 4 is 29.2 Å². The minimum atomic E-state index is -1.29. The number of hydrogen-bond acceptors (Lipinski definition) is 5. The van der Waals surface area contributed by atoms with E-state index in [2.05, 4.69) is 4.74 Å². The zero-order valence-corrected chi connectivity index (χ0v) is 9.87. The molecule has 0 aliphatic heterocycles. The normalized spacial score (nSPS) is 9.82. The predicted molar refractivity (Wildman–Crippen MR) is 60.7 cm³/mol. The summed E-state index contributed by atoms with van der Waals surface area (Å²) in [7, 11) is 2.42. The van der Waals surface area contributed by atoms with E-state index in [1.165, 1.54) is 7.11 Å². The van der Waals surface area contributed by atoms with Crippen LogP contribution in [-0.4, -0.2) is 31.3 Å². The van der Waals surface area contributed by atoms with Crippen molar-refractivity contribution in [3.63, 3.8) is 0 Å². The van der Waals surface area contributed by atoms with E-state index in [0.717, 1.165) is 13.2 Å². The van der Waals surface area contributed by atoms with Gasteiger partial charge in [0.25, 0.3) is 0 Å². The lowest BCUT2D eigenvalue weighted by Gasteiger charge is -2.12. The molecular weight excluding hydrogens is 250 g/mol. The van der Waals surface area contributed by atoms with E-state index in [4.69, 9.17) is 27.2 Å². The maximum absolute atomic E-state index is 11.4. The van der Waals surface area contributed by atoms with Gasteiger partial charge in [-0.2, -0.15) is 0 Å². The highest BCUT2D eigenvalue weighted by atomic mass is 35.5. The van der Waals surface area contributed by atoms with Gasteiger partial charge in [-0.1, -0.05) is 11.6 Å². The summed E-state index contributed by atoms with van der Waals surface area (Å²) >= 11 is 5.87. The first kappa shape index (κ1) is 13.1. The zero-order chi connectivity index (χ0) is 13.2. The molecule has 0 spiro atoms. The van der Waals surface area contributed by atoms with Crippen molar-refractivity contribution in [1.82, 2.24) is 0 Å². The molecule has 0 aliphatic rings. The number of carbonyl (C=O) groups is 2. The van der Waals surface area contributed by atoms with Gasteiger partial charge in [-0.15, -0.1) is 0 Å². The Morgan fingerprint density at radius 2 is 1.94 bits per heavy atom. The van der Waals surface area contributed by atoms with Crippen LogP contribution < -0.4 is 10.5 Å². The van der Waals surface area contributed by atoms with Crippen molar-refractivity contribution in [1.29, 1.82) is 0 Å². The number of anilines is 1. The highest BCUT2D eigenvalue weighted by molar-refractivity contribution is 6.36. The molecule has 0 bridgehead atoms. The molecule has 92 valence electrons. The number of carboxylic acid groups (broad SMARTS) is 1. The van der Waals surface area contributed by atoms with Gasteiger partial charge in [0, 0.05) is 0 Å². The Balaban J connectivity index is 3.58. The molecule has 0 aliphatic carbocycles. The second-order valence-electron chi connectivity index (χ2n) is 3.03. The minimum absolute atomic E-state index is 0.0630. The topological polar surface area (TPSA) is 98.9 Å². The van der Waals surface area contributed by atoms with Gasteiger partial charge in [-0.25, -0.2) is 9.59 Å². The third kappa shape index (κ3) is 2.26. The Bertz CT molecular complexity index is 486. The predicted octanol–water partition coefficient (Wildman–Crippen LogP) is 1.42. The molecular formula is C10H10ClNO5. The van der Waals surface area contributed by atoms with Crippen LogP contribution in [0.25, 0.3) is 0 Å². The Hall–Kier alpha value is -1.95. The third-order valence-electron chi connectivity index (χ3n) is 2.10. The van der Waals surface area contributed by atoms with E-state index in [0.29, 0.717) is 0 Å². The van der Waals surface area contributed by atoms with Gasteiger partial charge in [0.2, 0.25) is 0 Å². The van der Waals surface area contributed by atoms with Gasteiger partial charge < -0.3 is 20.3 Å². The van der Waals surface area contributed by atoms with Crippen molar-refractivity contribution in [2.75, 3.05) is 20.0 Å². The van der Waals surface area contributed by atoms with Crippen molar-refractivity contribution in [3.8, 4) is 5.75 Å². The van der Waals surface area contributed by atoms with Gasteiger partial charge in [0.15, 0.2) is 5.75 Å². The molecule has 3 N–H and O–H groups in total. The van der Waals surface area contributed by atoms with Crippen LogP contribution >= 0.6 is 11.6 Å². The SMILES string of the molecule is COC(=O)c1cc(C(=O)O)c(N)c(OC)c1Cl. The number of ether oxygens (including phenoxy) is 2. The van der Waals surface area contributed by atoms with Gasteiger partial charge in [0.1, 0.15) is 0 Å². The average Bonchev–Trinajstić information content (AvgIpc) is 2.28. The summed E-state index contributed by atoms with van der Waals surface area (Å²) in [4.78, 5) is 22.3. The highest BCUT2D eigenvalue weighted by Gasteiger charge is 2.23. The molecule has 0 saturated carbocycles. The summed E-state index contributed by atoms with van der Waals surface area (Å²) in [5, 5.41) is 8.84. The summed E-state index contributed by atoms with van der Waals surface area (Å²) < 4.78 is 9.35. The molecule has 0 atom stereocenters. The molecule has 7 heteroatoms. The molecule has 0 unspecified atom stereocenters. The number of carbonyl (C=O) groups excluding carboxylic acids is 1. The molecule has 0 aromatic heterocycles. The van der Waals surface area contributed by atoms with Crippen LogP contribution in [-0.2, 0) is 4.74 Å². The largest absolute Gasteiger partial charge is 0.493 e. The number of hydrogen-bond donors (Lipinski definition) is 2. The highest BCUT2D eigenvalue weighted by Crippen LogP contribution is 2.37. The maximum atomic E-state index is 11.4. The molecule has 0 radical (unpaired) electrons. The molecule has 6 nitrogen and oxygen atoms in total. The van der Waals surface area contributed by atoms with Crippen molar-refractivity contribution < 1.29 is 24.2 Å². The molecule has 0 heterocycles. The Labute approximate surface area is 102 Å². The first-order chi connectivity index (χ1) is 7.93. The summed E-state index contributed by atoms with van der Waals surface area (Å²) in [6, 6.07) is 1.05. The number of carboxylic acids is 1. The van der Waals surface area contributed by atoms with E-state index in [1.54, 1.807) is 0 Å². The standard InChI is InChI=1S/C10H10ClNO5/c1-16-8-6(11)4(10(15)17-2)3-5(7(8)12)9(13)14/h3H,12H2,1-2H3,(H,13,14). The van der Waals surface area contributed by atoms with Crippen LogP contribution in [0.1, 0.15) is 20.7 Å². The third-order valence-corrected chi connectivity index (χ3v) is 2.47. The fraction of sp³-hybridized carbons (Fsp3) is 0.200.